The maximum Gasteiger partial charge on any atom is 0.521 e. The molecule has 0 heterocycles. The van der Waals surface area contributed by atoms with Gasteiger partial charge in [-0.3, -0.25) is 4.57 Å². The summed E-state index contributed by atoms with van der Waals surface area (Å²) < 4.78 is 31.9. The first-order valence-electron chi connectivity index (χ1n) is 4.49. The van der Waals surface area contributed by atoms with E-state index in [1.807, 2.05) is 6.92 Å². The van der Waals surface area contributed by atoms with Gasteiger partial charge in [0.05, 0.1) is 12.7 Å². The molecule has 0 rings (SSSR count). The molecule has 0 saturated carbocycles. The number of hydrogen-bond donors (Lipinski definition) is 1. The third-order valence-corrected chi connectivity index (χ3v) is 5.08. The van der Waals surface area contributed by atoms with E-state index in [0.717, 1.165) is 0 Å². The smallest absolute Gasteiger partial charge is 0.321 e. The molecule has 0 saturated heterocycles. The van der Waals surface area contributed by atoms with Gasteiger partial charge in [-0.2, -0.15) is 0 Å². The molecule has 0 aliphatic rings. The first kappa shape index (κ1) is 14.2. The molecule has 7 heteroatoms. The first-order valence-corrected chi connectivity index (χ1v) is 7.61. The largest absolute Gasteiger partial charge is 0.521 e. The fraction of sp³-hybridized carbons (Fsp3) is 1.00. The summed E-state index contributed by atoms with van der Waals surface area (Å²) in [5.41, 5.74) is 0. The van der Waals surface area contributed by atoms with E-state index in [1.165, 1.54) is 0 Å². The van der Waals surface area contributed by atoms with Crippen LogP contribution in [-0.4, -0.2) is 23.5 Å². The van der Waals surface area contributed by atoms with Gasteiger partial charge in [-0.1, -0.05) is 6.92 Å². The summed E-state index contributed by atoms with van der Waals surface area (Å²) >= 11 is 0. The molecule has 3 unspecified atom stereocenters. The van der Waals surface area contributed by atoms with Crippen molar-refractivity contribution in [3.63, 3.8) is 0 Å². The van der Waals surface area contributed by atoms with E-state index in [-0.39, 0.29) is 12.7 Å². The average molecular weight is 243 g/mol. The van der Waals surface area contributed by atoms with Crippen molar-refractivity contribution in [2.45, 2.75) is 33.3 Å². The summed E-state index contributed by atoms with van der Waals surface area (Å²) in [7, 11) is -5.85. The maximum atomic E-state index is 11.3. The lowest BCUT2D eigenvalue weighted by atomic mass is 10.3. The third kappa shape index (κ3) is 6.63. The summed E-state index contributed by atoms with van der Waals surface area (Å²) in [6, 6.07) is 0. The Morgan fingerprint density at radius 3 is 2.50 bits per heavy atom. The molecule has 0 aliphatic heterocycles. The second-order valence-electron chi connectivity index (χ2n) is 2.85. The Labute approximate surface area is 85.2 Å². The molecular formula is C7H17O5P2+. The Morgan fingerprint density at radius 1 is 1.50 bits per heavy atom. The van der Waals surface area contributed by atoms with Gasteiger partial charge >= 0.3 is 15.6 Å². The Bertz CT molecular complexity index is 230. The highest BCUT2D eigenvalue weighted by molar-refractivity contribution is 7.65. The first-order chi connectivity index (χ1) is 6.41. The SMILES string of the molecule is CCO[P+](=O)CP(=O)(O)OC(C)CC. The molecule has 1 N–H and O–H groups in total. The van der Waals surface area contributed by atoms with E-state index in [1.54, 1.807) is 13.8 Å². The van der Waals surface area contributed by atoms with Gasteiger partial charge in [0.15, 0.2) is 0 Å². The molecule has 3 atom stereocenters. The topological polar surface area (TPSA) is 72.8 Å². The number of hydrogen-bond acceptors (Lipinski definition) is 4. The van der Waals surface area contributed by atoms with Crippen molar-refractivity contribution in [1.29, 1.82) is 0 Å². The molecule has 0 aromatic carbocycles. The summed E-state index contributed by atoms with van der Waals surface area (Å²) in [5.74, 6) is -0.430. The molecule has 14 heavy (non-hydrogen) atoms. The summed E-state index contributed by atoms with van der Waals surface area (Å²) in [4.78, 5) is 9.28. The van der Waals surface area contributed by atoms with Crippen molar-refractivity contribution in [2.75, 3.05) is 12.5 Å². The van der Waals surface area contributed by atoms with E-state index < -0.39 is 21.5 Å². The van der Waals surface area contributed by atoms with Gasteiger partial charge in [0.2, 0.25) is 0 Å². The van der Waals surface area contributed by atoms with Crippen molar-refractivity contribution < 1.29 is 23.1 Å². The summed E-state index contributed by atoms with van der Waals surface area (Å²) in [6.45, 7) is 5.47. The van der Waals surface area contributed by atoms with Gasteiger partial charge in [0.1, 0.15) is 0 Å². The van der Waals surface area contributed by atoms with Gasteiger partial charge in [-0.05, 0) is 24.8 Å². The molecule has 0 aliphatic carbocycles. The Kier molecular flexibility index (Phi) is 6.75. The highest BCUT2D eigenvalue weighted by atomic mass is 31.2. The van der Waals surface area contributed by atoms with Crippen LogP contribution in [0.5, 0.6) is 0 Å². The molecule has 0 aromatic heterocycles. The van der Waals surface area contributed by atoms with Crippen LogP contribution in [0.3, 0.4) is 0 Å². The molecule has 84 valence electrons. The van der Waals surface area contributed by atoms with Gasteiger partial charge < -0.3 is 9.42 Å². The molecule has 0 aromatic rings. The minimum absolute atomic E-state index is 0.262. The van der Waals surface area contributed by atoms with Crippen LogP contribution in [0.4, 0.5) is 0 Å². The maximum absolute atomic E-state index is 11.3. The molecule has 0 bridgehead atoms. The minimum atomic E-state index is -3.76. The number of rotatable bonds is 7. The van der Waals surface area contributed by atoms with Crippen LogP contribution < -0.4 is 0 Å². The van der Waals surface area contributed by atoms with Crippen molar-refractivity contribution >= 4 is 15.6 Å². The third-order valence-electron chi connectivity index (χ3n) is 1.49. The van der Waals surface area contributed by atoms with Crippen LogP contribution in [-0.2, 0) is 18.2 Å². The Balaban J connectivity index is 4.06. The molecular weight excluding hydrogens is 226 g/mol. The molecule has 5 nitrogen and oxygen atoms in total. The van der Waals surface area contributed by atoms with Gasteiger partial charge in [0, 0.05) is 0 Å². The predicted molar refractivity (Wildman–Crippen MR) is 54.8 cm³/mol. The molecule has 0 amide bonds. The fourth-order valence-electron chi connectivity index (χ4n) is 0.720. The summed E-state index contributed by atoms with van der Waals surface area (Å²) in [5, 5.41) is 0. The van der Waals surface area contributed by atoms with Gasteiger partial charge in [-0.25, -0.2) is 0 Å². The lowest BCUT2D eigenvalue weighted by Gasteiger charge is -2.12. The fourth-order valence-corrected chi connectivity index (χ4v) is 3.48. The Morgan fingerprint density at radius 2 is 2.07 bits per heavy atom. The highest BCUT2D eigenvalue weighted by Crippen LogP contribution is 2.51. The second-order valence-corrected chi connectivity index (χ2v) is 6.39. The Hall–Kier alpha value is 0.210. The van der Waals surface area contributed by atoms with E-state index in [0.29, 0.717) is 6.42 Å². The molecule has 0 fully saturated rings. The normalized spacial score (nSPS) is 18.7. The van der Waals surface area contributed by atoms with E-state index >= 15 is 0 Å². The van der Waals surface area contributed by atoms with Crippen molar-refractivity contribution in [1.82, 2.24) is 0 Å². The van der Waals surface area contributed by atoms with Crippen LogP contribution in [0, 0.1) is 0 Å². The van der Waals surface area contributed by atoms with Crippen molar-refractivity contribution in [3.05, 3.63) is 0 Å². The van der Waals surface area contributed by atoms with Crippen LogP contribution in [0.2, 0.25) is 0 Å². The second kappa shape index (κ2) is 6.65. The van der Waals surface area contributed by atoms with Crippen LogP contribution in [0.25, 0.3) is 0 Å². The zero-order valence-electron chi connectivity index (χ0n) is 8.67. The highest BCUT2D eigenvalue weighted by Gasteiger charge is 2.35. The lowest BCUT2D eigenvalue weighted by Crippen LogP contribution is -2.05. The van der Waals surface area contributed by atoms with Gasteiger partial charge in [0.25, 0.3) is 5.90 Å². The zero-order valence-corrected chi connectivity index (χ0v) is 10.5. The van der Waals surface area contributed by atoms with Crippen LogP contribution >= 0.6 is 15.6 Å². The van der Waals surface area contributed by atoms with Crippen molar-refractivity contribution in [2.24, 2.45) is 0 Å². The predicted octanol–water partition coefficient (Wildman–Crippen LogP) is 2.72. The van der Waals surface area contributed by atoms with Crippen LogP contribution in [0.15, 0.2) is 0 Å². The average Bonchev–Trinajstić information content (AvgIpc) is 2.02. The van der Waals surface area contributed by atoms with Crippen LogP contribution in [0.1, 0.15) is 27.2 Å². The molecule has 0 radical (unpaired) electrons. The zero-order chi connectivity index (χ0) is 11.2. The molecule has 0 spiro atoms. The quantitative estimate of drug-likeness (QED) is 0.696. The van der Waals surface area contributed by atoms with Crippen molar-refractivity contribution in [3.8, 4) is 0 Å². The van der Waals surface area contributed by atoms with E-state index in [2.05, 4.69) is 4.52 Å². The van der Waals surface area contributed by atoms with E-state index in [9.17, 15) is 14.0 Å². The standard InChI is InChI=1S/C7H16O5P2/c1-4-7(3)12-14(9,10)6-13(8)11-5-2/h7H,4-6H2,1-3H3/p+1. The monoisotopic (exact) mass is 243 g/mol. The van der Waals surface area contributed by atoms with E-state index in [4.69, 9.17) is 4.52 Å². The minimum Gasteiger partial charge on any atom is -0.321 e. The van der Waals surface area contributed by atoms with Gasteiger partial charge in [-0.15, -0.1) is 4.52 Å². The lowest BCUT2D eigenvalue weighted by molar-refractivity contribution is 0.187. The summed E-state index contributed by atoms with van der Waals surface area (Å²) in [6.07, 6.45) is 0.325.